The first-order valence-electron chi connectivity index (χ1n) is 15.8. The monoisotopic (exact) mass is 584 g/mol. The van der Waals surface area contributed by atoms with Gasteiger partial charge in [-0.2, -0.15) is 0 Å². The first kappa shape index (κ1) is 34.8. The van der Waals surface area contributed by atoms with Crippen molar-refractivity contribution in [3.05, 3.63) is 119 Å². The van der Waals surface area contributed by atoms with E-state index >= 15 is 0 Å². The number of rotatable bonds is 10. The maximum absolute atomic E-state index is 10.2. The Bertz CT molecular complexity index is 1320. The molecular weight excluding hydrogens is 528 g/mol. The molecule has 234 valence electrons. The summed E-state index contributed by atoms with van der Waals surface area (Å²) in [6.07, 6.45) is 33.5. The lowest BCUT2D eigenvalue weighted by atomic mass is 9.63. The fraction of sp³-hybridized carbons (Fsp3) is 0.500. The third-order valence-corrected chi connectivity index (χ3v) is 9.43. The van der Waals surface area contributed by atoms with E-state index in [0.717, 1.165) is 12.8 Å². The number of hydrogen-bond donors (Lipinski definition) is 2. The fourth-order valence-corrected chi connectivity index (χ4v) is 7.07. The minimum atomic E-state index is -0.333. The first-order chi connectivity index (χ1) is 20.0. The fourth-order valence-electron chi connectivity index (χ4n) is 7.07. The second kappa shape index (κ2) is 13.9. The van der Waals surface area contributed by atoms with Crippen molar-refractivity contribution >= 4 is 0 Å². The van der Waals surface area contributed by atoms with Crippen LogP contribution in [0, 0.1) is 16.7 Å². The molecule has 1 aliphatic heterocycles. The molecule has 3 nitrogen and oxygen atoms in total. The van der Waals surface area contributed by atoms with E-state index in [9.17, 15) is 10.2 Å². The Hall–Kier alpha value is -2.72. The van der Waals surface area contributed by atoms with Crippen molar-refractivity contribution in [1.82, 2.24) is 0 Å². The van der Waals surface area contributed by atoms with Gasteiger partial charge in [0.15, 0.2) is 0 Å². The summed E-state index contributed by atoms with van der Waals surface area (Å²) in [4.78, 5) is 0. The van der Waals surface area contributed by atoms with E-state index in [1.165, 1.54) is 27.9 Å². The Balaban J connectivity index is 1.49. The molecule has 43 heavy (non-hydrogen) atoms. The smallest absolute Gasteiger partial charge is 0.121 e. The van der Waals surface area contributed by atoms with Gasteiger partial charge in [-0.1, -0.05) is 141 Å². The van der Waals surface area contributed by atoms with Gasteiger partial charge in [-0.25, -0.2) is 0 Å². The van der Waals surface area contributed by atoms with Gasteiger partial charge in [-0.3, -0.25) is 0 Å². The average molecular weight is 585 g/mol. The van der Waals surface area contributed by atoms with Crippen LogP contribution in [0.5, 0.6) is 0 Å². The van der Waals surface area contributed by atoms with E-state index in [1.54, 1.807) is 0 Å². The molecule has 0 radical (unpaired) electrons. The molecule has 0 aromatic carbocycles. The highest BCUT2D eigenvalue weighted by molar-refractivity contribution is 5.37. The number of epoxide rings is 1. The lowest BCUT2D eigenvalue weighted by Crippen LogP contribution is -2.46. The average Bonchev–Trinajstić information content (AvgIpc) is 3.49. The number of hydrogen-bond acceptors (Lipinski definition) is 3. The molecular formula is C40H56O3. The van der Waals surface area contributed by atoms with Crippen LogP contribution in [0.4, 0.5) is 0 Å². The Morgan fingerprint density at radius 1 is 0.721 bits per heavy atom. The van der Waals surface area contributed by atoms with E-state index in [2.05, 4.69) is 154 Å². The van der Waals surface area contributed by atoms with Crippen molar-refractivity contribution in [3.63, 3.8) is 0 Å². The molecule has 1 saturated heterocycles. The SMILES string of the molecule is CC(C=C[C@H]1C(C)=C[C@H](O)CC1(C)C)=CC=CC(C)=C/C=C/C=C(C)/C=C/C=C(C)/C=C/[C@@]12O[C@]1(C)C[C@@H](O)CC2(C)C. The molecule has 1 saturated carbocycles. The molecule has 3 heteroatoms. The number of allylic oxidation sites excluding steroid dienone is 18. The van der Waals surface area contributed by atoms with Crippen molar-refractivity contribution in [2.75, 3.05) is 0 Å². The second-order valence-electron chi connectivity index (χ2n) is 14.6. The first-order valence-corrected chi connectivity index (χ1v) is 15.8. The molecule has 3 rings (SSSR count). The molecule has 0 bridgehead atoms. The predicted octanol–water partition coefficient (Wildman–Crippen LogP) is 9.61. The molecule has 5 atom stereocenters. The zero-order valence-corrected chi connectivity index (χ0v) is 28.3. The van der Waals surface area contributed by atoms with Crippen LogP contribution in [0.25, 0.3) is 0 Å². The van der Waals surface area contributed by atoms with Crippen LogP contribution in [-0.4, -0.2) is 33.6 Å². The van der Waals surface area contributed by atoms with E-state index < -0.39 is 0 Å². The van der Waals surface area contributed by atoms with Crippen LogP contribution in [0.2, 0.25) is 0 Å². The Morgan fingerprint density at radius 2 is 1.23 bits per heavy atom. The molecule has 3 aliphatic rings. The van der Waals surface area contributed by atoms with Crippen molar-refractivity contribution in [2.24, 2.45) is 16.7 Å². The molecule has 1 heterocycles. The third kappa shape index (κ3) is 8.91. The van der Waals surface area contributed by atoms with Gasteiger partial charge in [0, 0.05) is 17.8 Å². The van der Waals surface area contributed by atoms with Gasteiger partial charge in [0.25, 0.3) is 0 Å². The summed E-state index contributed by atoms with van der Waals surface area (Å²) in [5, 5.41) is 20.3. The molecule has 0 amide bonds. The van der Waals surface area contributed by atoms with Gasteiger partial charge in [-0.15, -0.1) is 0 Å². The molecule has 2 aliphatic carbocycles. The topological polar surface area (TPSA) is 53.0 Å². The maximum atomic E-state index is 10.2. The number of ether oxygens (including phenoxy) is 1. The summed E-state index contributed by atoms with van der Waals surface area (Å²) in [5.41, 5.74) is 5.38. The van der Waals surface area contributed by atoms with Crippen LogP contribution in [0.3, 0.4) is 0 Å². The summed E-state index contributed by atoms with van der Waals surface area (Å²) in [5.74, 6) is 0.345. The Labute approximate surface area is 262 Å². The van der Waals surface area contributed by atoms with Crippen LogP contribution in [0.1, 0.15) is 88.5 Å². The van der Waals surface area contributed by atoms with Crippen molar-refractivity contribution < 1.29 is 14.9 Å². The van der Waals surface area contributed by atoms with Crippen molar-refractivity contribution in [1.29, 1.82) is 0 Å². The van der Waals surface area contributed by atoms with Crippen molar-refractivity contribution in [2.45, 2.75) is 112 Å². The molecule has 0 unspecified atom stereocenters. The highest BCUT2D eigenvalue weighted by Gasteiger charge is 2.74. The van der Waals surface area contributed by atoms with Gasteiger partial charge < -0.3 is 14.9 Å². The lowest BCUT2D eigenvalue weighted by Gasteiger charge is -2.39. The summed E-state index contributed by atoms with van der Waals surface area (Å²) in [7, 11) is 0. The van der Waals surface area contributed by atoms with Gasteiger partial charge >= 0.3 is 0 Å². The zero-order chi connectivity index (χ0) is 32.1. The standard InChI is InChI=1S/C40H56O3/c1-29(17-13-19-31(3)21-22-36-33(5)25-34(41)26-37(36,6)7)15-11-12-16-30(2)18-14-20-32(4)23-24-40-38(8,9)27-35(42)28-39(40,10)43-40/h11-25,34-36,41-42H,26-28H2,1-10H3/b12-11+,17-13?,18-14+,22-21?,24-23+,29-15?,30-16+,31-19?,32-20+/t34-,35-,36-,39+,40-/m0/s1. The predicted molar refractivity (Wildman–Crippen MR) is 184 cm³/mol. The van der Waals surface area contributed by atoms with Crippen LogP contribution >= 0.6 is 0 Å². The third-order valence-electron chi connectivity index (χ3n) is 9.43. The largest absolute Gasteiger partial charge is 0.393 e. The van der Waals surface area contributed by atoms with Crippen LogP contribution in [0.15, 0.2) is 119 Å². The van der Waals surface area contributed by atoms with E-state index in [0.29, 0.717) is 12.3 Å². The van der Waals surface area contributed by atoms with E-state index in [4.69, 9.17) is 4.74 Å². The summed E-state index contributed by atoms with van der Waals surface area (Å²) >= 11 is 0. The number of aliphatic hydroxyl groups excluding tert-OH is 2. The summed E-state index contributed by atoms with van der Waals surface area (Å²) in [6, 6.07) is 0. The van der Waals surface area contributed by atoms with Gasteiger partial charge in [0.2, 0.25) is 0 Å². The summed E-state index contributed by atoms with van der Waals surface area (Å²) in [6.45, 7) is 21.5. The second-order valence-corrected chi connectivity index (χ2v) is 14.6. The minimum absolute atomic E-state index is 0.0547. The van der Waals surface area contributed by atoms with Gasteiger partial charge in [0.05, 0.1) is 12.2 Å². The Kier molecular flexibility index (Phi) is 11.3. The van der Waals surface area contributed by atoms with Gasteiger partial charge in [0.1, 0.15) is 11.2 Å². The molecule has 0 aromatic rings. The zero-order valence-electron chi connectivity index (χ0n) is 28.3. The molecule has 0 spiro atoms. The van der Waals surface area contributed by atoms with Crippen molar-refractivity contribution in [3.8, 4) is 0 Å². The Morgan fingerprint density at radius 3 is 1.77 bits per heavy atom. The van der Waals surface area contributed by atoms with Crippen LogP contribution in [-0.2, 0) is 4.74 Å². The highest BCUT2D eigenvalue weighted by atomic mass is 16.6. The van der Waals surface area contributed by atoms with E-state index in [1.807, 2.05) is 6.08 Å². The summed E-state index contributed by atoms with van der Waals surface area (Å²) < 4.78 is 6.25. The van der Waals surface area contributed by atoms with E-state index in [-0.39, 0.29) is 34.2 Å². The van der Waals surface area contributed by atoms with Gasteiger partial charge in [-0.05, 0) is 65.9 Å². The maximum Gasteiger partial charge on any atom is 0.121 e. The normalized spacial score (nSPS) is 33.8. The molecule has 0 aromatic heterocycles. The molecule has 2 fully saturated rings. The quantitative estimate of drug-likeness (QED) is 0.153. The minimum Gasteiger partial charge on any atom is -0.393 e. The lowest BCUT2D eigenvalue weighted by molar-refractivity contribution is 0.0515. The highest BCUT2D eigenvalue weighted by Crippen LogP contribution is 2.66. The number of fused-ring (bicyclic) bond motifs is 1. The number of aliphatic hydroxyl groups is 2. The molecule has 2 N–H and O–H groups in total. The van der Waals surface area contributed by atoms with Crippen LogP contribution < -0.4 is 0 Å².